The number of carbonyl (C=O) groups excluding carboxylic acids is 3. The molecule has 0 unspecified atom stereocenters. The van der Waals surface area contributed by atoms with Crippen molar-refractivity contribution >= 4 is 56.3 Å². The summed E-state index contributed by atoms with van der Waals surface area (Å²) in [6, 6.07) is 15.1. The molecule has 29 heavy (non-hydrogen) atoms. The number of Topliss-reactive ketones (excluding diaryl/α,β-unsaturated/α-hetero) is 1. The monoisotopic (exact) mass is 569 g/mol. The van der Waals surface area contributed by atoms with Gasteiger partial charge >= 0.3 is 6.09 Å². The number of imide groups is 1. The van der Waals surface area contributed by atoms with E-state index in [2.05, 4.69) is 38.5 Å². The third kappa shape index (κ3) is 6.12. The van der Waals surface area contributed by atoms with E-state index in [1.807, 2.05) is 48.5 Å². The molecule has 0 aromatic heterocycles. The fourth-order valence-electron chi connectivity index (χ4n) is 3.34. The minimum atomic E-state index is -0.573. The molecule has 0 bridgehead atoms. The maximum absolute atomic E-state index is 12.6. The number of hydrogen-bond acceptors (Lipinski definition) is 4. The molecule has 2 aromatic carbocycles. The molecule has 1 saturated heterocycles. The van der Waals surface area contributed by atoms with E-state index in [-0.39, 0.29) is 30.8 Å². The predicted molar refractivity (Wildman–Crippen MR) is 122 cm³/mol. The molecule has 0 aliphatic carbocycles. The first-order chi connectivity index (χ1) is 13.9. The number of rotatable bonds is 8. The minimum absolute atomic E-state index is 0.0548. The van der Waals surface area contributed by atoms with E-state index in [1.54, 1.807) is 0 Å². The van der Waals surface area contributed by atoms with Crippen LogP contribution in [-0.2, 0) is 16.0 Å². The van der Waals surface area contributed by atoms with Crippen LogP contribution in [-0.4, -0.2) is 35.3 Å². The summed E-state index contributed by atoms with van der Waals surface area (Å²) >= 11 is 5.58. The number of ether oxygens (including phenoxy) is 1. The maximum Gasteiger partial charge on any atom is 0.416 e. The molecule has 7 heteroatoms. The van der Waals surface area contributed by atoms with Gasteiger partial charge < -0.3 is 4.74 Å². The van der Waals surface area contributed by atoms with Crippen molar-refractivity contribution in [2.24, 2.45) is 0 Å². The summed E-state index contributed by atoms with van der Waals surface area (Å²) < 4.78 is 6.97. The third-order valence-corrected chi connectivity index (χ3v) is 5.85. The van der Waals surface area contributed by atoms with Gasteiger partial charge in [0.1, 0.15) is 6.61 Å². The second kappa shape index (κ2) is 10.3. The topological polar surface area (TPSA) is 63.7 Å². The molecule has 1 aliphatic rings. The number of ketones is 1. The van der Waals surface area contributed by atoms with Crippen molar-refractivity contribution < 1.29 is 19.1 Å². The van der Waals surface area contributed by atoms with Gasteiger partial charge in [-0.3, -0.25) is 9.59 Å². The molecule has 0 N–H and O–H groups in total. The highest BCUT2D eigenvalue weighted by atomic mass is 127. The molecule has 3 rings (SSSR count). The zero-order valence-corrected chi connectivity index (χ0v) is 19.5. The van der Waals surface area contributed by atoms with Crippen molar-refractivity contribution in [2.75, 3.05) is 6.61 Å². The molecule has 152 valence electrons. The van der Waals surface area contributed by atoms with Crippen molar-refractivity contribution in [3.8, 4) is 0 Å². The average Bonchev–Trinajstić information content (AvgIpc) is 3.05. The molecule has 1 heterocycles. The molecule has 0 spiro atoms. The fourth-order valence-corrected chi connectivity index (χ4v) is 4.94. The Morgan fingerprint density at radius 3 is 2.55 bits per heavy atom. The number of cyclic esters (lactones) is 1. The lowest BCUT2D eigenvalue weighted by molar-refractivity contribution is -0.129. The third-order valence-electron chi connectivity index (χ3n) is 4.77. The lowest BCUT2D eigenvalue weighted by Gasteiger charge is -2.19. The Balaban J connectivity index is 1.49. The summed E-state index contributed by atoms with van der Waals surface area (Å²) in [5, 5.41) is 0. The quantitative estimate of drug-likeness (QED) is 0.243. The molecule has 1 atom stereocenters. The summed E-state index contributed by atoms with van der Waals surface area (Å²) in [4.78, 5) is 38.2. The molecular weight excluding hydrogens is 549 g/mol. The van der Waals surface area contributed by atoms with Crippen LogP contribution in [0.15, 0.2) is 53.0 Å². The number of unbranched alkanes of at least 4 members (excludes halogenated alkanes) is 1. The molecule has 2 aromatic rings. The number of nitrogens with zero attached hydrogens (tertiary/aromatic N) is 1. The Morgan fingerprint density at radius 1 is 1.10 bits per heavy atom. The minimum Gasteiger partial charge on any atom is -0.447 e. The van der Waals surface area contributed by atoms with Crippen LogP contribution in [0.3, 0.4) is 0 Å². The Hall–Kier alpha value is -1.74. The van der Waals surface area contributed by atoms with Crippen LogP contribution in [0.4, 0.5) is 4.79 Å². The first-order valence-corrected chi connectivity index (χ1v) is 11.3. The molecule has 1 aliphatic heterocycles. The summed E-state index contributed by atoms with van der Waals surface area (Å²) in [5.41, 5.74) is 1.73. The van der Waals surface area contributed by atoms with Gasteiger partial charge in [0.15, 0.2) is 5.78 Å². The summed E-state index contributed by atoms with van der Waals surface area (Å²) in [7, 11) is 0. The molecule has 0 saturated carbocycles. The lowest BCUT2D eigenvalue weighted by Crippen LogP contribution is -2.40. The average molecular weight is 570 g/mol. The van der Waals surface area contributed by atoms with E-state index < -0.39 is 6.09 Å². The summed E-state index contributed by atoms with van der Waals surface area (Å²) in [6.07, 6.45) is 1.76. The summed E-state index contributed by atoms with van der Waals surface area (Å²) in [6.45, 7) is 0.222. The van der Waals surface area contributed by atoms with Crippen LogP contribution in [0.5, 0.6) is 0 Å². The molecule has 2 amide bonds. The molecular formula is C22H21BrINO4. The van der Waals surface area contributed by atoms with Gasteiger partial charge in [-0.05, 0) is 65.6 Å². The Kier molecular flexibility index (Phi) is 7.83. The Bertz CT molecular complexity index is 883. The second-order valence-corrected chi connectivity index (χ2v) is 9.13. The number of carbonyl (C=O) groups is 3. The Labute approximate surface area is 192 Å². The van der Waals surface area contributed by atoms with Crippen molar-refractivity contribution in [1.82, 2.24) is 4.90 Å². The van der Waals surface area contributed by atoms with E-state index in [1.165, 1.54) is 4.90 Å². The largest absolute Gasteiger partial charge is 0.447 e. The first kappa shape index (κ1) is 22.0. The van der Waals surface area contributed by atoms with E-state index >= 15 is 0 Å². The first-order valence-electron chi connectivity index (χ1n) is 9.46. The van der Waals surface area contributed by atoms with E-state index in [9.17, 15) is 14.4 Å². The van der Waals surface area contributed by atoms with Crippen LogP contribution < -0.4 is 0 Å². The van der Waals surface area contributed by atoms with E-state index in [0.717, 1.165) is 13.6 Å². The number of benzene rings is 2. The Morgan fingerprint density at radius 2 is 1.83 bits per heavy atom. The fraction of sp³-hybridized carbons (Fsp3) is 0.318. The van der Waals surface area contributed by atoms with Gasteiger partial charge in [0.2, 0.25) is 5.91 Å². The smallest absolute Gasteiger partial charge is 0.416 e. The number of amides is 2. The maximum atomic E-state index is 12.6. The highest BCUT2D eigenvalue weighted by Crippen LogP contribution is 2.21. The van der Waals surface area contributed by atoms with E-state index in [0.29, 0.717) is 31.2 Å². The zero-order chi connectivity index (χ0) is 20.8. The highest BCUT2D eigenvalue weighted by molar-refractivity contribution is 14.1. The highest BCUT2D eigenvalue weighted by Gasteiger charge is 2.37. The number of hydrogen-bond donors (Lipinski definition) is 0. The summed E-state index contributed by atoms with van der Waals surface area (Å²) in [5.74, 6) is -0.183. The van der Waals surface area contributed by atoms with Gasteiger partial charge in [0.05, 0.1) is 6.04 Å². The SMILES string of the molecule is O=C(CCCCC(=O)N1C(=O)OC[C@H]1Cc1ccccc1)c1cc(Br)cc(I)c1. The van der Waals surface area contributed by atoms with Crippen LogP contribution in [0, 0.1) is 3.57 Å². The van der Waals surface area contributed by atoms with Gasteiger partial charge in [-0.1, -0.05) is 46.3 Å². The van der Waals surface area contributed by atoms with Gasteiger partial charge in [-0.15, -0.1) is 0 Å². The lowest BCUT2D eigenvalue weighted by atomic mass is 10.0. The predicted octanol–water partition coefficient (Wildman–Crippen LogP) is 5.39. The van der Waals surface area contributed by atoms with Crippen LogP contribution in [0.2, 0.25) is 0 Å². The molecule has 5 nitrogen and oxygen atoms in total. The van der Waals surface area contributed by atoms with Gasteiger partial charge in [-0.2, -0.15) is 0 Å². The van der Waals surface area contributed by atoms with E-state index in [4.69, 9.17) is 4.74 Å². The van der Waals surface area contributed by atoms with Gasteiger partial charge in [-0.25, -0.2) is 9.69 Å². The van der Waals surface area contributed by atoms with Crippen molar-refractivity contribution in [1.29, 1.82) is 0 Å². The second-order valence-electron chi connectivity index (χ2n) is 6.97. The van der Waals surface area contributed by atoms with Crippen LogP contribution >= 0.6 is 38.5 Å². The standard InChI is InChI=1S/C22H21BrINO4/c23-17-11-16(12-18(24)13-17)20(26)8-4-5-9-21(27)25-19(14-29-22(25)28)10-15-6-2-1-3-7-15/h1-3,6-7,11-13,19H,4-5,8-10,14H2/t19-/m1/s1. The molecule has 0 radical (unpaired) electrons. The normalized spacial score (nSPS) is 16.0. The van der Waals surface area contributed by atoms with Crippen molar-refractivity contribution in [2.45, 2.75) is 38.1 Å². The number of halogens is 2. The van der Waals surface area contributed by atoms with Crippen LogP contribution in [0.1, 0.15) is 41.6 Å². The van der Waals surface area contributed by atoms with Gasteiger partial charge in [0.25, 0.3) is 0 Å². The van der Waals surface area contributed by atoms with Crippen molar-refractivity contribution in [3.05, 3.63) is 67.7 Å². The zero-order valence-electron chi connectivity index (χ0n) is 15.8. The van der Waals surface area contributed by atoms with Crippen molar-refractivity contribution in [3.63, 3.8) is 0 Å². The molecule has 1 fully saturated rings. The van der Waals surface area contributed by atoms with Crippen LogP contribution in [0.25, 0.3) is 0 Å². The van der Waals surface area contributed by atoms with Gasteiger partial charge in [0, 0.05) is 26.4 Å².